The van der Waals surface area contributed by atoms with Crippen LogP contribution in [-0.2, 0) is 0 Å². The van der Waals surface area contributed by atoms with E-state index in [1.165, 1.54) is 59.3 Å². The predicted molar refractivity (Wildman–Crippen MR) is 152 cm³/mol. The Balaban J connectivity index is 1.37. The van der Waals surface area contributed by atoms with Crippen molar-refractivity contribution >= 4 is 44.5 Å². The Labute approximate surface area is 213 Å². The van der Waals surface area contributed by atoms with Crippen LogP contribution in [0.4, 0.5) is 0 Å². The Bertz CT molecular complexity index is 1970. The third-order valence-electron chi connectivity index (χ3n) is 7.29. The second-order valence-corrected chi connectivity index (χ2v) is 10.4. The van der Waals surface area contributed by atoms with E-state index < -0.39 is 0 Å². The molecule has 0 N–H and O–H groups in total. The maximum atomic E-state index is 6.20. The van der Waals surface area contributed by atoms with E-state index in [1.54, 1.807) is 0 Å². The number of hydrogen-bond acceptors (Lipinski definition) is 2. The molecule has 1 nitrogen and oxygen atoms in total. The lowest BCUT2D eigenvalue weighted by molar-refractivity contribution is 0.669. The molecule has 168 valence electrons. The van der Waals surface area contributed by atoms with Crippen molar-refractivity contribution in [2.24, 2.45) is 0 Å². The van der Waals surface area contributed by atoms with Gasteiger partial charge in [-0.1, -0.05) is 103 Å². The highest BCUT2D eigenvalue weighted by Gasteiger charge is 2.21. The van der Waals surface area contributed by atoms with E-state index >= 15 is 0 Å². The monoisotopic (exact) mass is 476 g/mol. The zero-order chi connectivity index (χ0) is 23.6. The molecule has 6 aromatic carbocycles. The van der Waals surface area contributed by atoms with Gasteiger partial charge in [-0.15, -0.1) is 0 Å². The van der Waals surface area contributed by atoms with Gasteiger partial charge < -0.3 is 4.42 Å². The van der Waals surface area contributed by atoms with Crippen LogP contribution in [0.5, 0.6) is 0 Å². The molecule has 1 aliphatic rings. The number of fused-ring (bicyclic) bond motifs is 5. The number of para-hydroxylation sites is 1. The summed E-state index contributed by atoms with van der Waals surface area (Å²) in [6.07, 6.45) is 0. The summed E-state index contributed by atoms with van der Waals surface area (Å²) in [4.78, 5) is 2.65. The summed E-state index contributed by atoms with van der Waals surface area (Å²) in [5.41, 5.74) is 9.36. The summed E-state index contributed by atoms with van der Waals surface area (Å²) in [7, 11) is 0. The Morgan fingerprint density at radius 1 is 0.444 bits per heavy atom. The molecule has 0 saturated carbocycles. The molecule has 7 aromatic rings. The van der Waals surface area contributed by atoms with Gasteiger partial charge in [0.2, 0.25) is 0 Å². The lowest BCUT2D eigenvalue weighted by atomic mass is 9.90. The molecule has 0 saturated heterocycles. The molecule has 0 radical (unpaired) electrons. The first kappa shape index (κ1) is 20.0. The van der Waals surface area contributed by atoms with Gasteiger partial charge in [-0.3, -0.25) is 0 Å². The van der Waals surface area contributed by atoms with E-state index in [4.69, 9.17) is 4.42 Å². The van der Waals surface area contributed by atoms with Crippen molar-refractivity contribution in [3.05, 3.63) is 121 Å². The minimum Gasteiger partial charge on any atom is -0.456 e. The largest absolute Gasteiger partial charge is 0.456 e. The van der Waals surface area contributed by atoms with E-state index in [-0.39, 0.29) is 0 Å². The molecule has 2 heterocycles. The van der Waals surface area contributed by atoms with Crippen LogP contribution in [-0.4, -0.2) is 0 Å². The first-order valence-corrected chi connectivity index (χ1v) is 13.0. The van der Waals surface area contributed by atoms with E-state index in [9.17, 15) is 0 Å². The molecule has 0 aliphatic carbocycles. The molecule has 0 unspecified atom stereocenters. The fraction of sp³-hybridized carbons (Fsp3) is 0. The maximum absolute atomic E-state index is 6.20. The number of benzene rings is 6. The average Bonchev–Trinajstić information content (AvgIpc) is 3.32. The van der Waals surface area contributed by atoms with E-state index in [0.29, 0.717) is 0 Å². The van der Waals surface area contributed by atoms with Crippen LogP contribution in [0.2, 0.25) is 0 Å². The van der Waals surface area contributed by atoms with Gasteiger partial charge in [0.1, 0.15) is 11.2 Å². The fourth-order valence-electron chi connectivity index (χ4n) is 5.70. The smallest absolute Gasteiger partial charge is 0.136 e. The van der Waals surface area contributed by atoms with Crippen molar-refractivity contribution in [2.75, 3.05) is 0 Å². The molecule has 8 rings (SSSR count). The van der Waals surface area contributed by atoms with Gasteiger partial charge in [-0.25, -0.2) is 0 Å². The highest BCUT2D eigenvalue weighted by molar-refractivity contribution is 7.99. The highest BCUT2D eigenvalue weighted by atomic mass is 32.2. The molecule has 0 spiro atoms. The SMILES string of the molecule is c1ccc(-c2cccc3oc4ccccc4c23)c(-c2ccc3c(c2)-c2cccc4cccc(c24)S3)c1. The number of furan rings is 1. The summed E-state index contributed by atoms with van der Waals surface area (Å²) < 4.78 is 6.20. The number of rotatable bonds is 2. The Hall–Kier alpha value is -4.27. The van der Waals surface area contributed by atoms with Crippen LogP contribution >= 0.6 is 11.8 Å². The van der Waals surface area contributed by atoms with Gasteiger partial charge in [0.25, 0.3) is 0 Å². The summed E-state index contributed by atoms with van der Waals surface area (Å²) >= 11 is 1.87. The van der Waals surface area contributed by atoms with Crippen LogP contribution < -0.4 is 0 Å². The lowest BCUT2D eigenvalue weighted by Gasteiger charge is -2.21. The van der Waals surface area contributed by atoms with E-state index in [2.05, 4.69) is 109 Å². The summed E-state index contributed by atoms with van der Waals surface area (Å²) in [6.45, 7) is 0. The Morgan fingerprint density at radius 2 is 1.14 bits per heavy atom. The minimum atomic E-state index is 0.925. The van der Waals surface area contributed by atoms with Crippen LogP contribution in [0.3, 0.4) is 0 Å². The van der Waals surface area contributed by atoms with Crippen molar-refractivity contribution in [3.8, 4) is 33.4 Å². The van der Waals surface area contributed by atoms with Crippen LogP contribution in [0, 0.1) is 0 Å². The fourth-order valence-corrected chi connectivity index (χ4v) is 6.83. The van der Waals surface area contributed by atoms with Crippen molar-refractivity contribution in [3.63, 3.8) is 0 Å². The van der Waals surface area contributed by atoms with Gasteiger partial charge >= 0.3 is 0 Å². The maximum Gasteiger partial charge on any atom is 0.136 e. The Morgan fingerprint density at radius 3 is 2.06 bits per heavy atom. The van der Waals surface area contributed by atoms with Crippen molar-refractivity contribution in [1.82, 2.24) is 0 Å². The summed E-state index contributed by atoms with van der Waals surface area (Å²) in [5, 5.41) is 4.99. The molecule has 1 aliphatic heterocycles. The van der Waals surface area contributed by atoms with Crippen molar-refractivity contribution < 1.29 is 4.42 Å². The first-order valence-electron chi connectivity index (χ1n) is 12.2. The molecule has 0 fully saturated rings. The predicted octanol–water partition coefficient (Wildman–Crippen LogP) is 10.2. The molecular formula is C34H20OS. The standard InChI is InChI=1S/C34H20OS/c1-2-11-24(25-14-7-16-30-34(25)27-12-3-4-15-29(27)35-30)23(10-1)22-18-19-31-28(20-22)26-13-5-8-21-9-6-17-32(36-31)33(21)26/h1-20H. The third-order valence-corrected chi connectivity index (χ3v) is 8.42. The molecule has 2 heteroatoms. The second kappa shape index (κ2) is 7.61. The molecule has 0 bridgehead atoms. The minimum absolute atomic E-state index is 0.925. The molecule has 0 amide bonds. The normalized spacial score (nSPS) is 12.3. The average molecular weight is 477 g/mol. The van der Waals surface area contributed by atoms with E-state index in [0.717, 1.165) is 16.6 Å². The zero-order valence-electron chi connectivity index (χ0n) is 19.4. The molecular weight excluding hydrogens is 456 g/mol. The first-order chi connectivity index (χ1) is 17.8. The number of hydrogen-bond donors (Lipinski definition) is 0. The van der Waals surface area contributed by atoms with Crippen molar-refractivity contribution in [2.45, 2.75) is 9.79 Å². The van der Waals surface area contributed by atoms with Gasteiger partial charge in [-0.05, 0) is 69.1 Å². The summed E-state index contributed by atoms with van der Waals surface area (Å²) in [5.74, 6) is 0. The summed E-state index contributed by atoms with van der Waals surface area (Å²) in [6, 6.07) is 43.6. The van der Waals surface area contributed by atoms with Crippen molar-refractivity contribution in [1.29, 1.82) is 0 Å². The quantitative estimate of drug-likeness (QED) is 0.246. The van der Waals surface area contributed by atoms with Crippen LogP contribution in [0.1, 0.15) is 0 Å². The van der Waals surface area contributed by atoms with Crippen LogP contribution in [0.15, 0.2) is 136 Å². The molecule has 36 heavy (non-hydrogen) atoms. The molecule has 1 aromatic heterocycles. The van der Waals surface area contributed by atoms with Crippen LogP contribution in [0.25, 0.3) is 66.1 Å². The highest BCUT2D eigenvalue weighted by Crippen LogP contribution is 2.49. The molecule has 0 atom stereocenters. The topological polar surface area (TPSA) is 13.1 Å². The third kappa shape index (κ3) is 2.85. The van der Waals surface area contributed by atoms with E-state index in [1.807, 2.05) is 23.9 Å². The lowest BCUT2D eigenvalue weighted by Crippen LogP contribution is -1.94. The zero-order valence-corrected chi connectivity index (χ0v) is 20.2. The van der Waals surface area contributed by atoms with Gasteiger partial charge in [0.05, 0.1) is 0 Å². The van der Waals surface area contributed by atoms with Gasteiger partial charge in [-0.2, -0.15) is 0 Å². The van der Waals surface area contributed by atoms with Gasteiger partial charge in [0, 0.05) is 25.9 Å². The second-order valence-electron chi connectivity index (χ2n) is 9.30. The van der Waals surface area contributed by atoms with Gasteiger partial charge in [0.15, 0.2) is 0 Å². The Kier molecular flexibility index (Phi) is 4.22.